The summed E-state index contributed by atoms with van der Waals surface area (Å²) < 4.78 is 11.1. The molecule has 0 bridgehead atoms. The van der Waals surface area contributed by atoms with Crippen molar-refractivity contribution in [2.75, 3.05) is 37.7 Å². The Bertz CT molecular complexity index is 723. The molecule has 3 heterocycles. The van der Waals surface area contributed by atoms with Crippen LogP contribution in [-0.2, 0) is 9.59 Å². The molecule has 140 valence electrons. The molecule has 3 aliphatic rings. The highest BCUT2D eigenvalue weighted by Gasteiger charge is 2.43. The van der Waals surface area contributed by atoms with Crippen LogP contribution < -0.4 is 20.1 Å². The standard InChI is InChI=1S/C19H25N3O4/c1-12-8-13(10-20)11-22(12)19(24)15-4-5-21(18(15)23)14-2-3-16-17(9-14)26-7-6-25-16/h2-3,9,12-13,15H,4-8,10-11,20H2,1H3. The number of carbonyl (C=O) groups excluding carboxylic acids is 2. The number of fused-ring (bicyclic) bond motifs is 1. The van der Waals surface area contributed by atoms with Gasteiger partial charge in [0.1, 0.15) is 19.1 Å². The Labute approximate surface area is 153 Å². The monoisotopic (exact) mass is 359 g/mol. The minimum Gasteiger partial charge on any atom is -0.486 e. The van der Waals surface area contributed by atoms with Gasteiger partial charge in [-0.05, 0) is 44.4 Å². The van der Waals surface area contributed by atoms with Crippen LogP contribution in [0.25, 0.3) is 0 Å². The molecule has 0 radical (unpaired) electrons. The fraction of sp³-hybridized carbons (Fsp3) is 0.579. The molecule has 26 heavy (non-hydrogen) atoms. The molecule has 0 aliphatic carbocycles. The van der Waals surface area contributed by atoms with Crippen molar-refractivity contribution in [3.63, 3.8) is 0 Å². The summed E-state index contributed by atoms with van der Waals surface area (Å²) in [7, 11) is 0. The number of nitrogens with zero attached hydrogens (tertiary/aromatic N) is 2. The number of ether oxygens (including phenoxy) is 2. The van der Waals surface area contributed by atoms with E-state index in [-0.39, 0.29) is 17.9 Å². The molecule has 2 N–H and O–H groups in total. The molecule has 3 aliphatic heterocycles. The molecule has 0 spiro atoms. The van der Waals surface area contributed by atoms with Crippen molar-refractivity contribution in [1.29, 1.82) is 0 Å². The van der Waals surface area contributed by atoms with Crippen LogP contribution >= 0.6 is 0 Å². The summed E-state index contributed by atoms with van der Waals surface area (Å²) >= 11 is 0. The van der Waals surface area contributed by atoms with Crippen molar-refractivity contribution in [3.05, 3.63) is 18.2 Å². The summed E-state index contributed by atoms with van der Waals surface area (Å²) in [6.07, 6.45) is 1.46. The van der Waals surface area contributed by atoms with Gasteiger partial charge >= 0.3 is 0 Å². The smallest absolute Gasteiger partial charge is 0.239 e. The molecule has 1 aromatic rings. The van der Waals surface area contributed by atoms with E-state index in [1.165, 1.54) is 0 Å². The van der Waals surface area contributed by atoms with Gasteiger partial charge in [-0.3, -0.25) is 9.59 Å². The molecular formula is C19H25N3O4. The van der Waals surface area contributed by atoms with Gasteiger partial charge in [0.05, 0.1) is 0 Å². The molecule has 7 heteroatoms. The maximum Gasteiger partial charge on any atom is 0.239 e. The van der Waals surface area contributed by atoms with Gasteiger partial charge in [0, 0.05) is 30.9 Å². The van der Waals surface area contributed by atoms with Crippen LogP contribution in [0.3, 0.4) is 0 Å². The van der Waals surface area contributed by atoms with E-state index < -0.39 is 5.92 Å². The zero-order valence-electron chi connectivity index (χ0n) is 15.0. The van der Waals surface area contributed by atoms with Gasteiger partial charge in [0.2, 0.25) is 11.8 Å². The van der Waals surface area contributed by atoms with Gasteiger partial charge in [0.15, 0.2) is 11.5 Å². The summed E-state index contributed by atoms with van der Waals surface area (Å²) in [5, 5.41) is 0. The molecule has 7 nitrogen and oxygen atoms in total. The second kappa shape index (κ2) is 6.79. The van der Waals surface area contributed by atoms with Crippen molar-refractivity contribution in [3.8, 4) is 11.5 Å². The molecule has 2 amide bonds. The van der Waals surface area contributed by atoms with Gasteiger partial charge in [-0.2, -0.15) is 0 Å². The van der Waals surface area contributed by atoms with Gasteiger partial charge < -0.3 is 25.0 Å². The number of rotatable bonds is 3. The highest BCUT2D eigenvalue weighted by Crippen LogP contribution is 2.36. The predicted molar refractivity (Wildman–Crippen MR) is 96.2 cm³/mol. The van der Waals surface area contributed by atoms with Crippen molar-refractivity contribution < 1.29 is 19.1 Å². The summed E-state index contributed by atoms with van der Waals surface area (Å²) in [5.41, 5.74) is 6.51. The second-order valence-corrected chi connectivity index (χ2v) is 7.34. The maximum absolute atomic E-state index is 12.9. The van der Waals surface area contributed by atoms with Crippen LogP contribution in [0.15, 0.2) is 18.2 Å². The Hall–Kier alpha value is -2.28. The highest BCUT2D eigenvalue weighted by molar-refractivity contribution is 6.09. The quantitative estimate of drug-likeness (QED) is 0.814. The average Bonchev–Trinajstić information content (AvgIpc) is 3.23. The lowest BCUT2D eigenvalue weighted by molar-refractivity contribution is -0.140. The van der Waals surface area contributed by atoms with Crippen molar-refractivity contribution in [2.45, 2.75) is 25.8 Å². The fourth-order valence-corrected chi connectivity index (χ4v) is 4.19. The molecule has 2 saturated heterocycles. The third-order valence-corrected chi connectivity index (χ3v) is 5.62. The van der Waals surface area contributed by atoms with E-state index in [9.17, 15) is 9.59 Å². The summed E-state index contributed by atoms with van der Waals surface area (Å²) in [6, 6.07) is 5.64. The Balaban J connectivity index is 1.49. The number of hydrogen-bond donors (Lipinski definition) is 1. The van der Waals surface area contributed by atoms with E-state index in [2.05, 4.69) is 0 Å². The lowest BCUT2D eigenvalue weighted by Gasteiger charge is -2.25. The number of anilines is 1. The number of amides is 2. The Morgan fingerprint density at radius 3 is 2.77 bits per heavy atom. The fourth-order valence-electron chi connectivity index (χ4n) is 4.19. The van der Waals surface area contributed by atoms with Gasteiger partial charge in [0.25, 0.3) is 0 Å². The Morgan fingerprint density at radius 1 is 1.27 bits per heavy atom. The Morgan fingerprint density at radius 2 is 2.04 bits per heavy atom. The van der Waals surface area contributed by atoms with Crippen molar-refractivity contribution in [2.24, 2.45) is 17.6 Å². The van der Waals surface area contributed by atoms with Crippen LogP contribution in [-0.4, -0.2) is 55.6 Å². The van der Waals surface area contributed by atoms with Gasteiger partial charge in [-0.15, -0.1) is 0 Å². The van der Waals surface area contributed by atoms with E-state index in [0.717, 1.165) is 12.1 Å². The van der Waals surface area contributed by atoms with E-state index in [0.29, 0.717) is 56.7 Å². The van der Waals surface area contributed by atoms with Crippen molar-refractivity contribution in [1.82, 2.24) is 4.90 Å². The lowest BCUT2D eigenvalue weighted by Crippen LogP contribution is -2.42. The summed E-state index contributed by atoms with van der Waals surface area (Å²) in [5.74, 6) is 0.892. The van der Waals surface area contributed by atoms with E-state index >= 15 is 0 Å². The molecule has 2 fully saturated rings. The van der Waals surface area contributed by atoms with Crippen molar-refractivity contribution >= 4 is 17.5 Å². The minimum atomic E-state index is -0.595. The van der Waals surface area contributed by atoms with Crippen LogP contribution in [0.5, 0.6) is 11.5 Å². The maximum atomic E-state index is 12.9. The SMILES string of the molecule is CC1CC(CN)CN1C(=O)C1CCN(c2ccc3c(c2)OCCO3)C1=O. The molecular weight excluding hydrogens is 334 g/mol. The highest BCUT2D eigenvalue weighted by atomic mass is 16.6. The number of likely N-dealkylation sites (tertiary alicyclic amines) is 1. The predicted octanol–water partition coefficient (Wildman–Crippen LogP) is 1.01. The van der Waals surface area contributed by atoms with Crippen LogP contribution in [0, 0.1) is 11.8 Å². The molecule has 4 rings (SSSR count). The first-order valence-corrected chi connectivity index (χ1v) is 9.30. The topological polar surface area (TPSA) is 85.1 Å². The number of carbonyl (C=O) groups is 2. The second-order valence-electron chi connectivity index (χ2n) is 7.34. The molecule has 1 aromatic carbocycles. The van der Waals surface area contributed by atoms with E-state index in [1.807, 2.05) is 30.0 Å². The number of nitrogens with two attached hydrogens (primary N) is 1. The third kappa shape index (κ3) is 2.90. The first kappa shape index (κ1) is 17.1. The van der Waals surface area contributed by atoms with E-state index in [4.69, 9.17) is 15.2 Å². The number of hydrogen-bond acceptors (Lipinski definition) is 5. The summed E-state index contributed by atoms with van der Waals surface area (Å²) in [4.78, 5) is 29.4. The number of benzene rings is 1. The lowest BCUT2D eigenvalue weighted by atomic mass is 10.1. The minimum absolute atomic E-state index is 0.0570. The third-order valence-electron chi connectivity index (χ3n) is 5.62. The van der Waals surface area contributed by atoms with Gasteiger partial charge in [-0.1, -0.05) is 0 Å². The van der Waals surface area contributed by atoms with Gasteiger partial charge in [-0.25, -0.2) is 0 Å². The van der Waals surface area contributed by atoms with E-state index in [1.54, 1.807) is 4.90 Å². The summed E-state index contributed by atoms with van der Waals surface area (Å²) in [6.45, 7) is 4.84. The zero-order chi connectivity index (χ0) is 18.3. The molecule has 0 aromatic heterocycles. The van der Waals surface area contributed by atoms with Crippen LogP contribution in [0.4, 0.5) is 5.69 Å². The first-order chi connectivity index (χ1) is 12.6. The Kier molecular flexibility index (Phi) is 4.48. The zero-order valence-corrected chi connectivity index (χ0v) is 15.0. The normalized spacial score (nSPS) is 27.9. The van der Waals surface area contributed by atoms with Crippen LogP contribution in [0.2, 0.25) is 0 Å². The molecule has 3 unspecified atom stereocenters. The largest absolute Gasteiger partial charge is 0.486 e. The first-order valence-electron chi connectivity index (χ1n) is 9.30. The average molecular weight is 359 g/mol. The molecule has 3 atom stereocenters. The molecule has 0 saturated carbocycles. The van der Waals surface area contributed by atoms with Crippen LogP contribution in [0.1, 0.15) is 19.8 Å².